The van der Waals surface area contributed by atoms with Gasteiger partial charge in [0.2, 0.25) is 5.91 Å². The van der Waals surface area contributed by atoms with Gasteiger partial charge in [-0.05, 0) is 37.6 Å². The molecule has 144 valence electrons. The molecule has 0 fully saturated rings. The summed E-state index contributed by atoms with van der Waals surface area (Å²) in [6, 6.07) is 16.1. The SMILES string of the molecule is CC(=O)c1cccc(NC(=O)C(NCCCn2ccnc2)c2ccccc2)c1. The van der Waals surface area contributed by atoms with Crippen LogP contribution in [0.5, 0.6) is 0 Å². The minimum atomic E-state index is -0.482. The van der Waals surface area contributed by atoms with Gasteiger partial charge in [-0.15, -0.1) is 0 Å². The van der Waals surface area contributed by atoms with Crippen LogP contribution < -0.4 is 10.6 Å². The van der Waals surface area contributed by atoms with E-state index < -0.39 is 6.04 Å². The normalized spacial score (nSPS) is 11.8. The second-order valence-electron chi connectivity index (χ2n) is 6.58. The molecular weight excluding hydrogens is 352 g/mol. The van der Waals surface area contributed by atoms with Crippen molar-refractivity contribution < 1.29 is 9.59 Å². The van der Waals surface area contributed by atoms with Crippen molar-refractivity contribution in [3.05, 3.63) is 84.4 Å². The highest BCUT2D eigenvalue weighted by Crippen LogP contribution is 2.17. The van der Waals surface area contributed by atoms with Gasteiger partial charge in [-0.25, -0.2) is 4.98 Å². The minimum absolute atomic E-state index is 0.0339. The smallest absolute Gasteiger partial charge is 0.246 e. The molecule has 1 unspecified atom stereocenters. The van der Waals surface area contributed by atoms with Crippen LogP contribution in [0.4, 0.5) is 5.69 Å². The van der Waals surface area contributed by atoms with Crippen molar-refractivity contribution in [3.63, 3.8) is 0 Å². The average molecular weight is 376 g/mol. The molecule has 2 aromatic carbocycles. The van der Waals surface area contributed by atoms with Gasteiger partial charge in [-0.1, -0.05) is 42.5 Å². The van der Waals surface area contributed by atoms with Crippen molar-refractivity contribution in [2.24, 2.45) is 0 Å². The second-order valence-corrected chi connectivity index (χ2v) is 6.58. The monoisotopic (exact) mass is 376 g/mol. The third-order valence-corrected chi connectivity index (χ3v) is 4.43. The number of amides is 1. The molecule has 1 amide bonds. The third-order valence-electron chi connectivity index (χ3n) is 4.43. The molecule has 6 nitrogen and oxygen atoms in total. The molecule has 0 radical (unpaired) electrons. The number of benzene rings is 2. The van der Waals surface area contributed by atoms with Crippen molar-refractivity contribution in [1.29, 1.82) is 0 Å². The van der Waals surface area contributed by atoms with E-state index >= 15 is 0 Å². The van der Waals surface area contributed by atoms with Crippen LogP contribution in [0.15, 0.2) is 73.3 Å². The molecule has 0 spiro atoms. The van der Waals surface area contributed by atoms with Gasteiger partial charge in [0.25, 0.3) is 0 Å². The molecule has 2 N–H and O–H groups in total. The summed E-state index contributed by atoms with van der Waals surface area (Å²) in [6.07, 6.45) is 6.32. The molecular formula is C22H24N4O2. The molecule has 3 aromatic rings. The highest BCUT2D eigenvalue weighted by molar-refractivity contribution is 5.98. The van der Waals surface area contributed by atoms with Crippen molar-refractivity contribution in [3.8, 4) is 0 Å². The molecule has 1 atom stereocenters. The Hall–Kier alpha value is -3.25. The molecule has 0 aliphatic carbocycles. The van der Waals surface area contributed by atoms with Crippen molar-refractivity contribution in [2.75, 3.05) is 11.9 Å². The lowest BCUT2D eigenvalue weighted by Gasteiger charge is -2.19. The number of aryl methyl sites for hydroxylation is 1. The fraction of sp³-hybridized carbons (Fsp3) is 0.227. The van der Waals surface area contributed by atoms with E-state index in [-0.39, 0.29) is 11.7 Å². The Balaban J connectivity index is 1.66. The van der Waals surface area contributed by atoms with Crippen LogP contribution in [0.25, 0.3) is 0 Å². The minimum Gasteiger partial charge on any atom is -0.337 e. The number of ketones is 1. The molecule has 0 aliphatic heterocycles. The Labute approximate surface area is 164 Å². The van der Waals surface area contributed by atoms with E-state index in [2.05, 4.69) is 15.6 Å². The second kappa shape index (κ2) is 9.62. The largest absolute Gasteiger partial charge is 0.337 e. The van der Waals surface area contributed by atoms with Crippen molar-refractivity contribution in [2.45, 2.75) is 25.9 Å². The Kier molecular flexibility index (Phi) is 6.70. The number of aromatic nitrogens is 2. The fourth-order valence-corrected chi connectivity index (χ4v) is 2.96. The van der Waals surface area contributed by atoms with E-state index in [9.17, 15) is 9.59 Å². The fourth-order valence-electron chi connectivity index (χ4n) is 2.96. The zero-order chi connectivity index (χ0) is 19.8. The average Bonchev–Trinajstić information content (AvgIpc) is 3.22. The number of anilines is 1. The van der Waals surface area contributed by atoms with Crippen LogP contribution in [0.3, 0.4) is 0 Å². The molecule has 3 rings (SSSR count). The van der Waals surface area contributed by atoms with Crippen molar-refractivity contribution in [1.82, 2.24) is 14.9 Å². The van der Waals surface area contributed by atoms with E-state index in [0.29, 0.717) is 17.8 Å². The number of nitrogens with zero attached hydrogens (tertiary/aromatic N) is 2. The summed E-state index contributed by atoms with van der Waals surface area (Å²) in [5.74, 6) is -0.192. The summed E-state index contributed by atoms with van der Waals surface area (Å²) in [4.78, 5) is 28.6. The highest BCUT2D eigenvalue weighted by Gasteiger charge is 2.20. The van der Waals surface area contributed by atoms with Gasteiger partial charge in [-0.2, -0.15) is 0 Å². The maximum absolute atomic E-state index is 12.9. The summed E-state index contributed by atoms with van der Waals surface area (Å²) in [5.41, 5.74) is 2.08. The van der Waals surface area contributed by atoms with E-state index in [0.717, 1.165) is 18.5 Å². The van der Waals surface area contributed by atoms with Gasteiger partial charge in [0.15, 0.2) is 5.78 Å². The lowest BCUT2D eigenvalue weighted by atomic mass is 10.1. The number of nitrogens with one attached hydrogen (secondary N) is 2. The molecule has 0 aliphatic rings. The van der Waals surface area contributed by atoms with E-state index in [1.54, 1.807) is 36.8 Å². The van der Waals surface area contributed by atoms with E-state index in [1.165, 1.54) is 6.92 Å². The quantitative estimate of drug-likeness (QED) is 0.443. The number of imidazole rings is 1. The Bertz CT molecular complexity index is 907. The first-order valence-electron chi connectivity index (χ1n) is 9.29. The third kappa shape index (κ3) is 5.37. The number of hydrogen-bond acceptors (Lipinski definition) is 4. The summed E-state index contributed by atoms with van der Waals surface area (Å²) >= 11 is 0. The molecule has 28 heavy (non-hydrogen) atoms. The predicted octanol–water partition coefficient (Wildman–Crippen LogP) is 3.45. The van der Waals surface area contributed by atoms with Gasteiger partial charge < -0.3 is 15.2 Å². The molecule has 0 bridgehead atoms. The molecule has 0 saturated heterocycles. The van der Waals surface area contributed by atoms with Crippen molar-refractivity contribution >= 4 is 17.4 Å². The number of carbonyl (C=O) groups excluding carboxylic acids is 2. The lowest BCUT2D eigenvalue weighted by molar-refractivity contribution is -0.118. The summed E-state index contributed by atoms with van der Waals surface area (Å²) < 4.78 is 2.01. The standard InChI is InChI=1S/C22H24N4O2/c1-17(27)19-9-5-10-20(15-19)25-22(28)21(18-7-3-2-4-8-18)24-11-6-13-26-14-12-23-16-26/h2-5,7-10,12,14-16,21,24H,6,11,13H2,1H3,(H,25,28). The maximum atomic E-state index is 12.9. The highest BCUT2D eigenvalue weighted by atomic mass is 16.2. The Morgan fingerprint density at radius 1 is 1.11 bits per heavy atom. The lowest BCUT2D eigenvalue weighted by Crippen LogP contribution is -2.34. The van der Waals surface area contributed by atoms with Crippen LogP contribution in [0.2, 0.25) is 0 Å². The van der Waals surface area contributed by atoms with Gasteiger partial charge in [0.05, 0.1) is 6.33 Å². The van der Waals surface area contributed by atoms with Crippen LogP contribution >= 0.6 is 0 Å². The Morgan fingerprint density at radius 3 is 2.64 bits per heavy atom. The number of Topliss-reactive ketones (excluding diaryl/α,β-unsaturated/α-hetero) is 1. The van der Waals surface area contributed by atoms with Crippen LogP contribution in [-0.2, 0) is 11.3 Å². The van der Waals surface area contributed by atoms with Gasteiger partial charge in [0.1, 0.15) is 6.04 Å². The first-order valence-corrected chi connectivity index (χ1v) is 9.29. The number of carbonyl (C=O) groups is 2. The molecule has 1 aromatic heterocycles. The van der Waals surface area contributed by atoms with E-state index in [4.69, 9.17) is 0 Å². The van der Waals surface area contributed by atoms with Crippen LogP contribution in [0.1, 0.15) is 35.3 Å². The van der Waals surface area contributed by atoms with Crippen LogP contribution in [-0.4, -0.2) is 27.8 Å². The summed E-state index contributed by atoms with van der Waals surface area (Å²) in [6.45, 7) is 3.02. The van der Waals surface area contributed by atoms with E-state index in [1.807, 2.05) is 41.1 Å². The predicted molar refractivity (Wildman–Crippen MR) is 109 cm³/mol. The molecule has 6 heteroatoms. The first kappa shape index (κ1) is 19.5. The summed E-state index contributed by atoms with van der Waals surface area (Å²) in [7, 11) is 0. The molecule has 0 saturated carbocycles. The first-order chi connectivity index (χ1) is 13.6. The topological polar surface area (TPSA) is 76.0 Å². The summed E-state index contributed by atoms with van der Waals surface area (Å²) in [5, 5.41) is 6.26. The van der Waals surface area contributed by atoms with Gasteiger partial charge in [-0.3, -0.25) is 9.59 Å². The van der Waals surface area contributed by atoms with Gasteiger partial charge >= 0.3 is 0 Å². The maximum Gasteiger partial charge on any atom is 0.246 e. The zero-order valence-corrected chi connectivity index (χ0v) is 15.8. The molecule has 1 heterocycles. The number of rotatable bonds is 9. The Morgan fingerprint density at radius 2 is 1.93 bits per heavy atom. The number of hydrogen-bond donors (Lipinski definition) is 2. The zero-order valence-electron chi connectivity index (χ0n) is 15.8. The van der Waals surface area contributed by atoms with Gasteiger partial charge in [0, 0.05) is 30.2 Å². The van der Waals surface area contributed by atoms with Crippen LogP contribution in [0, 0.1) is 0 Å².